The van der Waals surface area contributed by atoms with Crippen molar-refractivity contribution in [3.8, 4) is 0 Å². The molecule has 4 aliphatic rings. The summed E-state index contributed by atoms with van der Waals surface area (Å²) in [5.41, 5.74) is 2.59. The van der Waals surface area contributed by atoms with Gasteiger partial charge in [-0.15, -0.1) is 0 Å². The number of allylic oxidation sites excluding steroid dienone is 1. The second-order valence-electron chi connectivity index (χ2n) is 12.9. The van der Waals surface area contributed by atoms with Crippen molar-refractivity contribution >= 4 is 0 Å². The van der Waals surface area contributed by atoms with Gasteiger partial charge in [0.15, 0.2) is 0 Å². The first-order valence-electron chi connectivity index (χ1n) is 13.6. The summed E-state index contributed by atoms with van der Waals surface area (Å²) in [6.07, 6.45) is 17.1. The van der Waals surface area contributed by atoms with E-state index in [9.17, 15) is 5.11 Å². The van der Waals surface area contributed by atoms with Gasteiger partial charge in [0.1, 0.15) is 0 Å². The molecule has 1 unspecified atom stereocenters. The van der Waals surface area contributed by atoms with Crippen LogP contribution < -0.4 is 0 Å². The van der Waals surface area contributed by atoms with E-state index in [4.69, 9.17) is 0 Å². The minimum Gasteiger partial charge on any atom is -0.393 e. The molecule has 0 aromatic rings. The zero-order chi connectivity index (χ0) is 21.7. The second-order valence-corrected chi connectivity index (χ2v) is 12.9. The Morgan fingerprint density at radius 1 is 1.00 bits per heavy atom. The molecular weight excluding hydrogens is 364 g/mol. The van der Waals surface area contributed by atoms with Gasteiger partial charge < -0.3 is 5.11 Å². The van der Waals surface area contributed by atoms with Gasteiger partial charge in [-0.1, -0.05) is 66.0 Å². The van der Waals surface area contributed by atoms with Crippen LogP contribution in [0.3, 0.4) is 0 Å². The van der Waals surface area contributed by atoms with Crippen LogP contribution >= 0.6 is 0 Å². The Balaban J connectivity index is 1.47. The van der Waals surface area contributed by atoms with Crippen LogP contribution in [0.15, 0.2) is 11.6 Å². The minimum atomic E-state index is -0.0794. The Hall–Kier alpha value is -0.300. The SMILES string of the molecule is CC[C@H](CC[C@@H](C)[C@H]1CC[C@H]2[C@@H]3CC=C4CC(O)CC[C@]4(C)[C@H]3CC[C@]12C)C(C)C. The first kappa shape index (κ1) is 22.9. The van der Waals surface area contributed by atoms with E-state index >= 15 is 0 Å². The molecule has 1 nitrogen and oxygen atoms in total. The molecule has 1 heteroatoms. The number of hydrogen-bond acceptors (Lipinski definition) is 1. The molecule has 0 saturated heterocycles. The zero-order valence-corrected chi connectivity index (χ0v) is 20.9. The molecule has 1 N–H and O–H groups in total. The summed E-state index contributed by atoms with van der Waals surface area (Å²) in [6.45, 7) is 15.1. The van der Waals surface area contributed by atoms with E-state index < -0.39 is 0 Å². The lowest BCUT2D eigenvalue weighted by Crippen LogP contribution is -2.50. The topological polar surface area (TPSA) is 20.2 Å². The molecule has 0 aromatic heterocycles. The monoisotopic (exact) mass is 414 g/mol. The van der Waals surface area contributed by atoms with Crippen molar-refractivity contribution in [2.45, 2.75) is 118 Å². The van der Waals surface area contributed by atoms with Gasteiger partial charge in [-0.25, -0.2) is 0 Å². The summed E-state index contributed by atoms with van der Waals surface area (Å²) in [5, 5.41) is 10.2. The van der Waals surface area contributed by atoms with E-state index in [1.807, 2.05) is 0 Å². The van der Waals surface area contributed by atoms with Gasteiger partial charge in [-0.2, -0.15) is 0 Å². The summed E-state index contributed by atoms with van der Waals surface area (Å²) >= 11 is 0. The standard InChI is InChI=1S/C29H50O/c1-7-21(19(2)3)9-8-20(4)25-12-13-26-24-11-10-22-18-23(30)14-16-28(22,5)27(24)15-17-29(25,26)6/h10,19-21,23-27,30H,7-9,11-18H2,1-6H3/t20-,21-,23?,24+,25-,26+,27+,28+,29-/m1/s1. The smallest absolute Gasteiger partial charge is 0.0577 e. The summed E-state index contributed by atoms with van der Waals surface area (Å²) in [4.78, 5) is 0. The van der Waals surface area contributed by atoms with Gasteiger partial charge in [0.25, 0.3) is 0 Å². The predicted octanol–water partition coefficient (Wildman–Crippen LogP) is 8.02. The highest BCUT2D eigenvalue weighted by molar-refractivity contribution is 5.25. The number of aliphatic hydroxyl groups excluding tert-OH is 1. The van der Waals surface area contributed by atoms with Crippen LogP contribution in [0.25, 0.3) is 0 Å². The van der Waals surface area contributed by atoms with Crippen LogP contribution in [0.1, 0.15) is 112 Å². The fourth-order valence-electron chi connectivity index (χ4n) is 9.30. The van der Waals surface area contributed by atoms with Crippen molar-refractivity contribution < 1.29 is 5.11 Å². The molecule has 0 spiro atoms. The molecule has 0 aromatic carbocycles. The number of fused-ring (bicyclic) bond motifs is 5. The highest BCUT2D eigenvalue weighted by atomic mass is 16.3. The summed E-state index contributed by atoms with van der Waals surface area (Å²) in [6, 6.07) is 0. The molecule has 30 heavy (non-hydrogen) atoms. The third kappa shape index (κ3) is 3.74. The maximum Gasteiger partial charge on any atom is 0.0577 e. The Morgan fingerprint density at radius 2 is 1.77 bits per heavy atom. The minimum absolute atomic E-state index is 0.0794. The van der Waals surface area contributed by atoms with Crippen molar-refractivity contribution in [2.24, 2.45) is 52.3 Å². The molecule has 0 aliphatic heterocycles. The van der Waals surface area contributed by atoms with Crippen LogP contribution in [0.4, 0.5) is 0 Å². The quantitative estimate of drug-likeness (QED) is 0.436. The van der Waals surface area contributed by atoms with Gasteiger partial charge in [-0.05, 0) is 110 Å². The van der Waals surface area contributed by atoms with Crippen molar-refractivity contribution in [1.82, 2.24) is 0 Å². The van der Waals surface area contributed by atoms with Crippen LogP contribution in [0.2, 0.25) is 0 Å². The third-order valence-electron chi connectivity index (χ3n) is 11.3. The van der Waals surface area contributed by atoms with Crippen LogP contribution in [0, 0.1) is 52.3 Å². The second kappa shape index (κ2) is 8.57. The number of aliphatic hydroxyl groups is 1. The normalized spacial score (nSPS) is 45.3. The number of hydrogen-bond donors (Lipinski definition) is 1. The van der Waals surface area contributed by atoms with Crippen molar-refractivity contribution in [3.63, 3.8) is 0 Å². The van der Waals surface area contributed by atoms with Crippen LogP contribution in [-0.2, 0) is 0 Å². The van der Waals surface area contributed by atoms with E-state index in [2.05, 4.69) is 47.6 Å². The Kier molecular flexibility index (Phi) is 6.53. The van der Waals surface area contributed by atoms with Crippen LogP contribution in [0.5, 0.6) is 0 Å². The summed E-state index contributed by atoms with van der Waals surface area (Å²) < 4.78 is 0. The summed E-state index contributed by atoms with van der Waals surface area (Å²) in [5.74, 6) is 6.31. The predicted molar refractivity (Wildman–Crippen MR) is 128 cm³/mol. The molecule has 4 aliphatic carbocycles. The Morgan fingerprint density at radius 3 is 2.47 bits per heavy atom. The summed E-state index contributed by atoms with van der Waals surface area (Å²) in [7, 11) is 0. The van der Waals surface area contributed by atoms with Crippen molar-refractivity contribution in [1.29, 1.82) is 0 Å². The maximum absolute atomic E-state index is 10.2. The average Bonchev–Trinajstić information content (AvgIpc) is 3.06. The largest absolute Gasteiger partial charge is 0.393 e. The van der Waals surface area contributed by atoms with Gasteiger partial charge in [-0.3, -0.25) is 0 Å². The molecule has 0 radical (unpaired) electrons. The van der Waals surface area contributed by atoms with E-state index in [0.29, 0.717) is 10.8 Å². The lowest BCUT2D eigenvalue weighted by molar-refractivity contribution is -0.0575. The number of rotatable bonds is 6. The molecule has 0 amide bonds. The molecule has 0 bridgehead atoms. The lowest BCUT2D eigenvalue weighted by Gasteiger charge is -2.58. The van der Waals surface area contributed by atoms with E-state index in [1.165, 1.54) is 57.8 Å². The maximum atomic E-state index is 10.2. The lowest BCUT2D eigenvalue weighted by atomic mass is 9.47. The van der Waals surface area contributed by atoms with Gasteiger partial charge in [0.05, 0.1) is 6.10 Å². The van der Waals surface area contributed by atoms with Crippen molar-refractivity contribution in [2.75, 3.05) is 0 Å². The molecule has 4 rings (SSSR count). The highest BCUT2D eigenvalue weighted by Crippen LogP contribution is 2.67. The highest BCUT2D eigenvalue weighted by Gasteiger charge is 2.59. The molecule has 3 fully saturated rings. The third-order valence-corrected chi connectivity index (χ3v) is 11.3. The molecule has 3 saturated carbocycles. The van der Waals surface area contributed by atoms with Crippen LogP contribution in [-0.4, -0.2) is 11.2 Å². The fourth-order valence-corrected chi connectivity index (χ4v) is 9.30. The van der Waals surface area contributed by atoms with Crippen molar-refractivity contribution in [3.05, 3.63) is 11.6 Å². The van der Waals surface area contributed by atoms with Gasteiger partial charge >= 0.3 is 0 Å². The Labute approximate surface area is 187 Å². The van der Waals surface area contributed by atoms with E-state index in [1.54, 1.807) is 5.57 Å². The van der Waals surface area contributed by atoms with E-state index in [0.717, 1.165) is 54.3 Å². The van der Waals surface area contributed by atoms with Gasteiger partial charge in [0, 0.05) is 0 Å². The molecular formula is C29H50O. The Bertz CT molecular complexity index is 634. The zero-order valence-electron chi connectivity index (χ0n) is 20.9. The van der Waals surface area contributed by atoms with E-state index in [-0.39, 0.29) is 6.10 Å². The first-order chi connectivity index (χ1) is 14.2. The molecule has 172 valence electrons. The fraction of sp³-hybridized carbons (Fsp3) is 0.931. The average molecular weight is 415 g/mol. The molecule has 0 heterocycles. The first-order valence-corrected chi connectivity index (χ1v) is 13.6. The molecule has 9 atom stereocenters. The van der Waals surface area contributed by atoms with Gasteiger partial charge in [0.2, 0.25) is 0 Å².